The number of fused-ring (bicyclic) bond motifs is 3. The number of hydrogen-bond acceptors (Lipinski definition) is 5. The third kappa shape index (κ3) is 4.76. The van der Waals surface area contributed by atoms with Crippen molar-refractivity contribution in [1.82, 2.24) is 14.7 Å². The number of hydrogen-bond donors (Lipinski definition) is 0. The minimum Gasteiger partial charge on any atom is -0.298 e. The van der Waals surface area contributed by atoms with Crippen molar-refractivity contribution in [3.8, 4) is 0 Å². The number of Topliss-reactive ketones (excluding diaryl/α,β-unsaturated/α-hetero) is 1. The van der Waals surface area contributed by atoms with Gasteiger partial charge in [-0.1, -0.05) is 55.8 Å². The summed E-state index contributed by atoms with van der Waals surface area (Å²) in [6.45, 7) is 6.51. The van der Waals surface area contributed by atoms with Gasteiger partial charge in [0.25, 0.3) is 5.91 Å². The van der Waals surface area contributed by atoms with Crippen LogP contribution in [0.15, 0.2) is 78.4 Å². The topological polar surface area (TPSA) is 47.1 Å². The molecule has 3 aromatic carbocycles. The molecule has 0 unspecified atom stereocenters. The Morgan fingerprint density at radius 1 is 0.870 bits per heavy atom. The van der Waals surface area contributed by atoms with Gasteiger partial charge in [-0.3, -0.25) is 29.2 Å². The van der Waals surface area contributed by atoms with E-state index in [1.807, 2.05) is 42.3 Å². The first-order valence-corrected chi connectivity index (χ1v) is 16.6. The van der Waals surface area contributed by atoms with Gasteiger partial charge in [-0.2, -0.15) is 0 Å². The number of ketones is 1. The molecule has 7 rings (SSSR count). The van der Waals surface area contributed by atoms with Crippen LogP contribution < -0.4 is 4.90 Å². The number of rotatable bonds is 6. The van der Waals surface area contributed by atoms with Crippen LogP contribution >= 0.6 is 0 Å². The van der Waals surface area contributed by atoms with E-state index in [9.17, 15) is 8.78 Å². The van der Waals surface area contributed by atoms with Gasteiger partial charge in [0, 0.05) is 36.7 Å². The number of likely N-dealkylation sites (N-methyl/N-ethyl adjacent to an activating group) is 1. The SMILES string of the molecule is CCCN1C/C(=C\c2ccc(F)cc2)C(=O)[C@@]2(C1)[C@H](c1ccc(F)cc1)CN(C)[C@]21C(=O)N(CN2CCCCC2)c2ccccc21. The number of piperidine rings is 2. The predicted molar refractivity (Wildman–Crippen MR) is 176 cm³/mol. The first-order valence-electron chi connectivity index (χ1n) is 16.6. The Labute approximate surface area is 270 Å². The number of para-hydroxylation sites is 1. The van der Waals surface area contributed by atoms with Crippen molar-refractivity contribution in [2.45, 2.75) is 44.1 Å². The van der Waals surface area contributed by atoms with E-state index in [-0.39, 0.29) is 29.2 Å². The van der Waals surface area contributed by atoms with Gasteiger partial charge in [0.2, 0.25) is 0 Å². The minimum absolute atomic E-state index is 0.0640. The number of halogens is 2. The molecule has 3 saturated heterocycles. The van der Waals surface area contributed by atoms with Crippen molar-refractivity contribution in [1.29, 1.82) is 0 Å². The molecular weight excluding hydrogens is 582 g/mol. The molecule has 0 aromatic heterocycles. The highest BCUT2D eigenvalue weighted by atomic mass is 19.1. The first kappa shape index (κ1) is 30.9. The Morgan fingerprint density at radius 2 is 1.54 bits per heavy atom. The maximum absolute atomic E-state index is 15.5. The Kier molecular flexibility index (Phi) is 8.16. The van der Waals surface area contributed by atoms with E-state index in [2.05, 4.69) is 21.6 Å². The van der Waals surface area contributed by atoms with E-state index < -0.39 is 11.0 Å². The van der Waals surface area contributed by atoms with Gasteiger partial charge in [0.1, 0.15) is 17.2 Å². The lowest BCUT2D eigenvalue weighted by molar-refractivity contribution is -0.148. The highest BCUT2D eigenvalue weighted by Crippen LogP contribution is 2.65. The maximum Gasteiger partial charge on any atom is 0.254 e. The van der Waals surface area contributed by atoms with Crippen molar-refractivity contribution in [2.24, 2.45) is 5.41 Å². The molecule has 3 aromatic rings. The van der Waals surface area contributed by atoms with Gasteiger partial charge >= 0.3 is 0 Å². The highest BCUT2D eigenvalue weighted by Gasteiger charge is 2.75. The largest absolute Gasteiger partial charge is 0.298 e. The molecule has 3 fully saturated rings. The molecule has 4 aliphatic rings. The molecule has 0 aliphatic carbocycles. The summed E-state index contributed by atoms with van der Waals surface area (Å²) in [6.07, 6.45) is 6.15. The molecule has 3 atom stereocenters. The number of amides is 1. The second-order valence-electron chi connectivity index (χ2n) is 13.5. The number of carbonyl (C=O) groups excluding carboxylic acids is 2. The molecule has 0 N–H and O–H groups in total. The van der Waals surface area contributed by atoms with Crippen LogP contribution in [0, 0.1) is 17.0 Å². The summed E-state index contributed by atoms with van der Waals surface area (Å²) in [5, 5.41) is 0. The third-order valence-electron chi connectivity index (χ3n) is 10.8. The van der Waals surface area contributed by atoms with Gasteiger partial charge in [0.05, 0.1) is 17.8 Å². The second kappa shape index (κ2) is 12.1. The summed E-state index contributed by atoms with van der Waals surface area (Å²) in [7, 11) is 1.97. The van der Waals surface area contributed by atoms with E-state index in [1.165, 1.54) is 30.7 Å². The van der Waals surface area contributed by atoms with Gasteiger partial charge in [-0.25, -0.2) is 8.78 Å². The van der Waals surface area contributed by atoms with Gasteiger partial charge in [-0.05, 0) is 93.5 Å². The molecule has 2 spiro atoms. The van der Waals surface area contributed by atoms with Crippen LogP contribution in [0.5, 0.6) is 0 Å². The van der Waals surface area contributed by atoms with Crippen molar-refractivity contribution < 1.29 is 18.4 Å². The van der Waals surface area contributed by atoms with Crippen LogP contribution in [-0.4, -0.2) is 79.4 Å². The Hall–Kier alpha value is -3.72. The zero-order valence-corrected chi connectivity index (χ0v) is 26.7. The summed E-state index contributed by atoms with van der Waals surface area (Å²) in [4.78, 5) is 39.7. The van der Waals surface area contributed by atoms with E-state index in [0.717, 1.165) is 61.3 Å². The average Bonchev–Trinajstić information content (AvgIpc) is 3.47. The monoisotopic (exact) mass is 624 g/mol. The molecule has 8 heteroatoms. The normalized spacial score (nSPS) is 28.2. The van der Waals surface area contributed by atoms with Crippen LogP contribution in [0.3, 0.4) is 0 Å². The number of carbonyl (C=O) groups is 2. The Bertz CT molecular complexity index is 1650. The van der Waals surface area contributed by atoms with Gasteiger partial charge in [0.15, 0.2) is 5.78 Å². The van der Waals surface area contributed by atoms with Crippen LogP contribution in [0.4, 0.5) is 14.5 Å². The van der Waals surface area contributed by atoms with E-state index in [4.69, 9.17) is 0 Å². The summed E-state index contributed by atoms with van der Waals surface area (Å²) in [5.41, 5.74) is 1.42. The van der Waals surface area contributed by atoms with Gasteiger partial charge < -0.3 is 0 Å². The van der Waals surface area contributed by atoms with E-state index in [1.54, 1.807) is 24.3 Å². The second-order valence-corrected chi connectivity index (χ2v) is 13.5. The van der Waals surface area contributed by atoms with Crippen LogP contribution in [-0.2, 0) is 15.1 Å². The third-order valence-corrected chi connectivity index (χ3v) is 10.8. The Balaban J connectivity index is 1.46. The number of benzene rings is 3. The summed E-state index contributed by atoms with van der Waals surface area (Å²) in [5.74, 6) is -1.19. The molecule has 0 bridgehead atoms. The molecule has 0 saturated carbocycles. The first-order chi connectivity index (χ1) is 22.3. The van der Waals surface area contributed by atoms with Crippen LogP contribution in [0.25, 0.3) is 6.08 Å². The average molecular weight is 625 g/mol. The van der Waals surface area contributed by atoms with Crippen molar-refractivity contribution >= 4 is 23.5 Å². The van der Waals surface area contributed by atoms with E-state index >= 15 is 9.59 Å². The molecule has 240 valence electrons. The fraction of sp³-hybridized carbons (Fsp3) is 0.421. The van der Waals surface area contributed by atoms with Crippen molar-refractivity contribution in [3.63, 3.8) is 0 Å². The van der Waals surface area contributed by atoms with Gasteiger partial charge in [-0.15, -0.1) is 0 Å². The molecule has 0 radical (unpaired) electrons. The number of anilines is 1. The summed E-state index contributed by atoms with van der Waals surface area (Å²) in [6, 6.07) is 20.6. The quantitative estimate of drug-likeness (QED) is 0.313. The molecule has 4 aliphatic heterocycles. The number of likely N-dealkylation sites (tertiary alicyclic amines) is 3. The number of nitrogens with zero attached hydrogens (tertiary/aromatic N) is 4. The molecule has 1 amide bonds. The predicted octanol–water partition coefficient (Wildman–Crippen LogP) is 6.04. The zero-order valence-electron chi connectivity index (χ0n) is 26.7. The molecule has 4 heterocycles. The van der Waals surface area contributed by atoms with Crippen LogP contribution in [0.1, 0.15) is 55.2 Å². The summed E-state index contributed by atoms with van der Waals surface area (Å²) < 4.78 is 28.2. The van der Waals surface area contributed by atoms with Crippen molar-refractivity contribution in [2.75, 3.05) is 57.9 Å². The highest BCUT2D eigenvalue weighted by molar-refractivity contribution is 6.16. The standard InChI is InChI=1S/C38H42F2N4O2/c1-3-19-43-23-29(22-27-11-15-30(39)16-12-27)35(45)37(25-43)33(28-13-17-31(40)18-14-28)24-41(2)38(37)32-9-5-6-10-34(32)44(36(38)46)26-42-20-7-4-8-21-42/h5-6,9-18,22,33H,3-4,7-8,19-21,23-26H2,1-2H3/b29-22+/t33-,37+,38+/m0/s1. The molecule has 46 heavy (non-hydrogen) atoms. The summed E-state index contributed by atoms with van der Waals surface area (Å²) >= 11 is 0. The molecular formula is C38H42F2N4O2. The minimum atomic E-state index is -1.27. The fourth-order valence-corrected chi connectivity index (χ4v) is 8.89. The van der Waals surface area contributed by atoms with Crippen molar-refractivity contribution in [3.05, 3.63) is 107 Å². The van der Waals surface area contributed by atoms with Crippen LogP contribution in [0.2, 0.25) is 0 Å². The maximum atomic E-state index is 15.5. The Morgan fingerprint density at radius 3 is 2.24 bits per heavy atom. The lowest BCUT2D eigenvalue weighted by atomic mass is 9.56. The lowest BCUT2D eigenvalue weighted by Gasteiger charge is -2.51. The smallest absolute Gasteiger partial charge is 0.254 e. The fourth-order valence-electron chi connectivity index (χ4n) is 8.89. The molecule has 6 nitrogen and oxygen atoms in total. The lowest BCUT2D eigenvalue weighted by Crippen LogP contribution is -2.66. The van der Waals surface area contributed by atoms with E-state index in [0.29, 0.717) is 31.9 Å². The zero-order chi connectivity index (χ0) is 32.1.